The van der Waals surface area contributed by atoms with Crippen LogP contribution in [0.25, 0.3) is 5.65 Å². The molecule has 1 aliphatic rings. The second kappa shape index (κ2) is 4.66. The number of thioether (sulfide) groups is 1. The molecule has 1 unspecified atom stereocenters. The smallest absolute Gasteiger partial charge is 0.155 e. The maximum absolute atomic E-state index is 5.61. The van der Waals surface area contributed by atoms with Crippen molar-refractivity contribution < 1.29 is 0 Å². The zero-order valence-corrected chi connectivity index (χ0v) is 10.5. The van der Waals surface area contributed by atoms with Gasteiger partial charge in [0.25, 0.3) is 0 Å². The van der Waals surface area contributed by atoms with Gasteiger partial charge < -0.3 is 5.73 Å². The van der Waals surface area contributed by atoms with Crippen LogP contribution in [-0.4, -0.2) is 25.6 Å². The lowest BCUT2D eigenvalue weighted by Crippen LogP contribution is -2.03. The molecule has 1 saturated heterocycles. The first-order valence-corrected chi connectivity index (χ1v) is 7.06. The Labute approximate surface area is 105 Å². The molecule has 2 aromatic heterocycles. The highest BCUT2D eigenvalue weighted by molar-refractivity contribution is 8.00. The molecule has 17 heavy (non-hydrogen) atoms. The Morgan fingerprint density at radius 1 is 1.47 bits per heavy atom. The summed E-state index contributed by atoms with van der Waals surface area (Å²) in [7, 11) is 0. The molecule has 0 aromatic carbocycles. The highest BCUT2D eigenvalue weighted by atomic mass is 32.2. The van der Waals surface area contributed by atoms with Gasteiger partial charge in [-0.3, -0.25) is 0 Å². The summed E-state index contributed by atoms with van der Waals surface area (Å²) in [6.45, 7) is 0.545. The third-order valence-corrected chi connectivity index (χ3v) is 4.50. The topological polar surface area (TPSA) is 56.2 Å². The molecule has 0 aliphatic carbocycles. The van der Waals surface area contributed by atoms with E-state index in [2.05, 4.69) is 10.1 Å². The molecule has 0 amide bonds. The van der Waals surface area contributed by atoms with E-state index in [9.17, 15) is 0 Å². The molecule has 0 saturated carbocycles. The van der Waals surface area contributed by atoms with E-state index in [0.717, 1.165) is 23.5 Å². The minimum atomic E-state index is 0.545. The average molecular weight is 248 g/mol. The number of hydrogen-bond acceptors (Lipinski definition) is 4. The number of nitrogens with zero attached hydrogens (tertiary/aromatic N) is 3. The zero-order chi connectivity index (χ0) is 11.7. The molecular weight excluding hydrogens is 232 g/mol. The minimum absolute atomic E-state index is 0.545. The first-order valence-electron chi connectivity index (χ1n) is 6.01. The predicted molar refractivity (Wildman–Crippen MR) is 70.1 cm³/mol. The Bertz CT molecular complexity index is 516. The molecule has 1 aliphatic heterocycles. The van der Waals surface area contributed by atoms with Crippen molar-refractivity contribution >= 4 is 17.4 Å². The Morgan fingerprint density at radius 2 is 2.41 bits per heavy atom. The fourth-order valence-corrected chi connectivity index (χ4v) is 3.45. The van der Waals surface area contributed by atoms with Crippen LogP contribution in [0.1, 0.15) is 24.2 Å². The highest BCUT2D eigenvalue weighted by Crippen LogP contribution is 2.28. The van der Waals surface area contributed by atoms with Crippen LogP contribution in [0.3, 0.4) is 0 Å². The van der Waals surface area contributed by atoms with Gasteiger partial charge in [0.15, 0.2) is 11.5 Å². The van der Waals surface area contributed by atoms with Crippen molar-refractivity contribution in [1.82, 2.24) is 14.6 Å². The van der Waals surface area contributed by atoms with Gasteiger partial charge in [-0.1, -0.05) is 6.07 Å². The predicted octanol–water partition coefficient (Wildman–Crippen LogP) is 1.63. The monoisotopic (exact) mass is 248 g/mol. The Morgan fingerprint density at radius 3 is 3.18 bits per heavy atom. The van der Waals surface area contributed by atoms with Crippen LogP contribution in [-0.2, 0) is 13.0 Å². The average Bonchev–Trinajstić information content (AvgIpc) is 2.96. The molecule has 2 aromatic rings. The lowest BCUT2D eigenvalue weighted by molar-refractivity contribution is 0.741. The lowest BCUT2D eigenvalue weighted by atomic mass is 10.2. The van der Waals surface area contributed by atoms with Gasteiger partial charge in [0.1, 0.15) is 0 Å². The molecular formula is C12H16N4S. The maximum Gasteiger partial charge on any atom is 0.155 e. The fourth-order valence-electron chi connectivity index (χ4n) is 2.19. The number of hydrogen-bond donors (Lipinski definition) is 1. The van der Waals surface area contributed by atoms with Crippen molar-refractivity contribution in [2.24, 2.45) is 5.73 Å². The molecule has 3 heterocycles. The van der Waals surface area contributed by atoms with Gasteiger partial charge in [0, 0.05) is 24.4 Å². The number of nitrogens with two attached hydrogens (primary N) is 1. The zero-order valence-electron chi connectivity index (χ0n) is 9.67. The van der Waals surface area contributed by atoms with Gasteiger partial charge in [0.2, 0.25) is 0 Å². The summed E-state index contributed by atoms with van der Waals surface area (Å²) in [6.07, 6.45) is 5.59. The van der Waals surface area contributed by atoms with Crippen LogP contribution in [0.4, 0.5) is 0 Å². The number of rotatable bonds is 3. The molecule has 0 bridgehead atoms. The normalized spacial score (nSPS) is 20.2. The standard InChI is InChI=1S/C12H16N4S/c13-7-9-3-4-12-14-11(15-16(12)8-9)6-10-2-1-5-17-10/h3-4,8,10H,1-2,5-7,13H2. The number of fused-ring (bicyclic) bond motifs is 1. The number of pyridine rings is 1. The Balaban J connectivity index is 1.85. The first kappa shape index (κ1) is 11.0. The first-order chi connectivity index (χ1) is 8.35. The summed E-state index contributed by atoms with van der Waals surface area (Å²) in [5, 5.41) is 5.23. The second-order valence-electron chi connectivity index (χ2n) is 4.41. The molecule has 0 spiro atoms. The van der Waals surface area contributed by atoms with Gasteiger partial charge in [-0.15, -0.1) is 0 Å². The Hall–Kier alpha value is -1.07. The van der Waals surface area contributed by atoms with Gasteiger partial charge in [0.05, 0.1) is 0 Å². The third kappa shape index (κ3) is 2.30. The van der Waals surface area contributed by atoms with Crippen molar-refractivity contribution in [3.8, 4) is 0 Å². The molecule has 3 rings (SSSR count). The van der Waals surface area contributed by atoms with Crippen LogP contribution < -0.4 is 5.73 Å². The van der Waals surface area contributed by atoms with Crippen molar-refractivity contribution in [3.63, 3.8) is 0 Å². The van der Waals surface area contributed by atoms with E-state index in [-0.39, 0.29) is 0 Å². The quantitative estimate of drug-likeness (QED) is 0.897. The van der Waals surface area contributed by atoms with Crippen molar-refractivity contribution in [3.05, 3.63) is 29.7 Å². The largest absolute Gasteiger partial charge is 0.326 e. The summed E-state index contributed by atoms with van der Waals surface area (Å²) >= 11 is 2.05. The van der Waals surface area contributed by atoms with Crippen LogP contribution in [0, 0.1) is 0 Å². The summed E-state index contributed by atoms with van der Waals surface area (Å²) in [5.41, 5.74) is 7.62. The third-order valence-electron chi connectivity index (χ3n) is 3.11. The van der Waals surface area contributed by atoms with Crippen LogP contribution in [0.5, 0.6) is 0 Å². The number of aromatic nitrogens is 3. The van der Waals surface area contributed by atoms with Crippen molar-refractivity contribution in [1.29, 1.82) is 0 Å². The SMILES string of the molecule is NCc1ccc2nc(CC3CCCS3)nn2c1. The van der Waals surface area contributed by atoms with Gasteiger partial charge in [-0.25, -0.2) is 9.50 Å². The van der Waals surface area contributed by atoms with E-state index in [0.29, 0.717) is 11.8 Å². The lowest BCUT2D eigenvalue weighted by Gasteiger charge is -2.02. The molecule has 4 nitrogen and oxygen atoms in total. The molecule has 2 N–H and O–H groups in total. The summed E-state index contributed by atoms with van der Waals surface area (Å²) in [5.74, 6) is 2.24. The second-order valence-corrected chi connectivity index (χ2v) is 5.82. The van der Waals surface area contributed by atoms with Gasteiger partial charge in [-0.2, -0.15) is 16.9 Å². The van der Waals surface area contributed by atoms with E-state index in [1.165, 1.54) is 18.6 Å². The molecule has 1 fully saturated rings. The summed E-state index contributed by atoms with van der Waals surface area (Å²) < 4.78 is 1.84. The molecule has 5 heteroatoms. The van der Waals surface area contributed by atoms with Crippen LogP contribution >= 0.6 is 11.8 Å². The molecule has 1 atom stereocenters. The van der Waals surface area contributed by atoms with E-state index >= 15 is 0 Å². The van der Waals surface area contributed by atoms with E-state index in [1.807, 2.05) is 34.6 Å². The Kier molecular flexibility index (Phi) is 3.03. The maximum atomic E-state index is 5.61. The molecule has 0 radical (unpaired) electrons. The molecule has 90 valence electrons. The van der Waals surface area contributed by atoms with Gasteiger partial charge in [-0.05, 0) is 30.2 Å². The fraction of sp³-hybridized carbons (Fsp3) is 0.500. The van der Waals surface area contributed by atoms with Crippen molar-refractivity contribution in [2.45, 2.75) is 31.1 Å². The summed E-state index contributed by atoms with van der Waals surface area (Å²) in [6, 6.07) is 4.00. The van der Waals surface area contributed by atoms with E-state index < -0.39 is 0 Å². The summed E-state index contributed by atoms with van der Waals surface area (Å²) in [4.78, 5) is 4.55. The van der Waals surface area contributed by atoms with Gasteiger partial charge >= 0.3 is 0 Å². The highest BCUT2D eigenvalue weighted by Gasteiger charge is 2.18. The van der Waals surface area contributed by atoms with E-state index in [4.69, 9.17) is 5.73 Å². The van der Waals surface area contributed by atoms with E-state index in [1.54, 1.807) is 0 Å². The van der Waals surface area contributed by atoms with Crippen LogP contribution in [0.15, 0.2) is 18.3 Å². The van der Waals surface area contributed by atoms with Crippen molar-refractivity contribution in [2.75, 3.05) is 5.75 Å². The van der Waals surface area contributed by atoms with Crippen LogP contribution in [0.2, 0.25) is 0 Å². The minimum Gasteiger partial charge on any atom is -0.326 e.